The molecular weight excluding hydrogens is 299 g/mol. The predicted molar refractivity (Wildman–Crippen MR) is 87.5 cm³/mol. The van der Waals surface area contributed by atoms with E-state index >= 15 is 0 Å². The monoisotopic (exact) mass is 320 g/mol. The van der Waals surface area contributed by atoms with Crippen LogP contribution in [0.25, 0.3) is 10.6 Å². The zero-order chi connectivity index (χ0) is 15.5. The third kappa shape index (κ3) is 3.37. The van der Waals surface area contributed by atoms with E-state index in [-0.39, 0.29) is 18.0 Å². The van der Waals surface area contributed by atoms with Gasteiger partial charge in [0.25, 0.3) is 0 Å². The average molecular weight is 320 g/mol. The normalized spacial score (nSPS) is 19.0. The summed E-state index contributed by atoms with van der Waals surface area (Å²) in [5.41, 5.74) is 1.69. The smallest absolute Gasteiger partial charge is 0.133 e. The number of aliphatic hydroxyl groups excluding tert-OH is 1. The lowest BCUT2D eigenvalue weighted by atomic mass is 9.98. The van der Waals surface area contributed by atoms with Gasteiger partial charge >= 0.3 is 0 Å². The Morgan fingerprint density at radius 1 is 1.45 bits per heavy atom. The number of fused-ring (bicyclic) bond motifs is 1. The Kier molecular flexibility index (Phi) is 4.86. The first kappa shape index (κ1) is 15.6. The van der Waals surface area contributed by atoms with E-state index < -0.39 is 0 Å². The van der Waals surface area contributed by atoms with Crippen LogP contribution in [0.3, 0.4) is 0 Å². The van der Waals surface area contributed by atoms with Crippen molar-refractivity contribution in [3.63, 3.8) is 0 Å². The standard InChI is InChI=1S/C17H21FN2OS/c1-11(21)9-10-19-14-7-4-8-15-16(14)22-17(20-15)12-5-2-3-6-13(12)18/h2-3,5-6,11,14,19,21H,4,7-10H2,1H3. The molecule has 2 aromatic rings. The van der Waals surface area contributed by atoms with Gasteiger partial charge in [0.2, 0.25) is 0 Å². The molecule has 1 aromatic carbocycles. The van der Waals surface area contributed by atoms with Gasteiger partial charge in [0, 0.05) is 16.5 Å². The molecular formula is C17H21FN2OS. The molecule has 5 heteroatoms. The van der Waals surface area contributed by atoms with Crippen molar-refractivity contribution in [1.29, 1.82) is 0 Å². The Morgan fingerprint density at radius 3 is 3.05 bits per heavy atom. The zero-order valence-electron chi connectivity index (χ0n) is 12.7. The number of rotatable bonds is 5. The molecule has 1 aliphatic carbocycles. The minimum Gasteiger partial charge on any atom is -0.393 e. The molecule has 118 valence electrons. The van der Waals surface area contributed by atoms with Gasteiger partial charge in [-0.3, -0.25) is 0 Å². The largest absolute Gasteiger partial charge is 0.393 e. The molecule has 3 rings (SSSR count). The van der Waals surface area contributed by atoms with E-state index in [9.17, 15) is 9.50 Å². The number of nitrogens with one attached hydrogen (secondary N) is 1. The number of hydrogen-bond acceptors (Lipinski definition) is 4. The van der Waals surface area contributed by atoms with Gasteiger partial charge in [0.15, 0.2) is 0 Å². The fourth-order valence-corrected chi connectivity index (χ4v) is 4.08. The topological polar surface area (TPSA) is 45.1 Å². The van der Waals surface area contributed by atoms with E-state index in [1.807, 2.05) is 6.07 Å². The van der Waals surface area contributed by atoms with Crippen molar-refractivity contribution in [2.45, 2.75) is 44.8 Å². The summed E-state index contributed by atoms with van der Waals surface area (Å²) in [5.74, 6) is -0.216. The summed E-state index contributed by atoms with van der Waals surface area (Å²) < 4.78 is 14.0. The van der Waals surface area contributed by atoms with Crippen LogP contribution in [-0.2, 0) is 6.42 Å². The maximum atomic E-state index is 14.0. The number of aliphatic hydroxyl groups is 1. The molecule has 0 saturated carbocycles. The van der Waals surface area contributed by atoms with Gasteiger partial charge < -0.3 is 10.4 Å². The first-order valence-electron chi connectivity index (χ1n) is 7.81. The fraction of sp³-hybridized carbons (Fsp3) is 0.471. The third-order valence-electron chi connectivity index (χ3n) is 4.01. The Hall–Kier alpha value is -1.30. The maximum Gasteiger partial charge on any atom is 0.133 e. The lowest BCUT2D eigenvalue weighted by molar-refractivity contribution is 0.182. The summed E-state index contributed by atoms with van der Waals surface area (Å²) >= 11 is 1.59. The van der Waals surface area contributed by atoms with Gasteiger partial charge in [-0.1, -0.05) is 12.1 Å². The first-order chi connectivity index (χ1) is 10.6. The van der Waals surface area contributed by atoms with Crippen LogP contribution < -0.4 is 5.32 Å². The average Bonchev–Trinajstić information content (AvgIpc) is 2.92. The molecule has 1 aliphatic rings. The first-order valence-corrected chi connectivity index (χ1v) is 8.62. The fourth-order valence-electron chi connectivity index (χ4n) is 2.83. The highest BCUT2D eigenvalue weighted by molar-refractivity contribution is 7.15. The molecule has 3 nitrogen and oxygen atoms in total. The van der Waals surface area contributed by atoms with Gasteiger partial charge in [-0.05, 0) is 51.3 Å². The molecule has 0 fully saturated rings. The van der Waals surface area contributed by atoms with Gasteiger partial charge in [-0.2, -0.15) is 0 Å². The quantitative estimate of drug-likeness (QED) is 0.883. The van der Waals surface area contributed by atoms with Crippen molar-refractivity contribution in [2.24, 2.45) is 0 Å². The second-order valence-corrected chi connectivity index (χ2v) is 6.88. The number of benzene rings is 1. The van der Waals surface area contributed by atoms with E-state index in [2.05, 4.69) is 10.3 Å². The number of hydrogen-bond donors (Lipinski definition) is 2. The van der Waals surface area contributed by atoms with Crippen LogP contribution in [0.2, 0.25) is 0 Å². The SMILES string of the molecule is CC(O)CCNC1CCCc2nc(-c3ccccc3F)sc21. The molecule has 2 N–H and O–H groups in total. The number of halogens is 1. The van der Waals surface area contributed by atoms with Crippen LogP contribution in [0.15, 0.2) is 24.3 Å². The number of thiazole rings is 1. The van der Waals surface area contributed by atoms with Crippen LogP contribution in [0.1, 0.15) is 42.8 Å². The van der Waals surface area contributed by atoms with Crippen molar-refractivity contribution in [1.82, 2.24) is 10.3 Å². The van der Waals surface area contributed by atoms with Crippen LogP contribution in [-0.4, -0.2) is 22.7 Å². The molecule has 0 aliphatic heterocycles. The molecule has 0 saturated heterocycles. The van der Waals surface area contributed by atoms with E-state index in [1.54, 1.807) is 30.4 Å². The maximum absolute atomic E-state index is 14.0. The lowest BCUT2D eigenvalue weighted by Gasteiger charge is -2.22. The van der Waals surface area contributed by atoms with E-state index in [0.29, 0.717) is 5.56 Å². The van der Waals surface area contributed by atoms with Crippen LogP contribution >= 0.6 is 11.3 Å². The van der Waals surface area contributed by atoms with Crippen LogP contribution in [0.5, 0.6) is 0 Å². The summed E-state index contributed by atoms with van der Waals surface area (Å²) in [6.45, 7) is 2.59. The highest BCUT2D eigenvalue weighted by Crippen LogP contribution is 2.38. The van der Waals surface area contributed by atoms with Gasteiger partial charge in [-0.25, -0.2) is 9.37 Å². The van der Waals surface area contributed by atoms with Gasteiger partial charge in [-0.15, -0.1) is 11.3 Å². The summed E-state index contributed by atoms with van der Waals surface area (Å²) in [7, 11) is 0. The summed E-state index contributed by atoms with van der Waals surface area (Å²) in [6.07, 6.45) is 3.59. The molecule has 0 spiro atoms. The Bertz CT molecular complexity index is 641. The predicted octanol–water partition coefficient (Wildman–Crippen LogP) is 3.69. The second kappa shape index (κ2) is 6.86. The van der Waals surface area contributed by atoms with Crippen molar-refractivity contribution in [3.8, 4) is 10.6 Å². The molecule has 22 heavy (non-hydrogen) atoms. The summed E-state index contributed by atoms with van der Waals surface area (Å²) in [4.78, 5) is 5.90. The molecule has 0 amide bonds. The highest BCUT2D eigenvalue weighted by atomic mass is 32.1. The van der Waals surface area contributed by atoms with E-state index in [1.165, 1.54) is 10.9 Å². The van der Waals surface area contributed by atoms with E-state index in [0.717, 1.165) is 42.9 Å². The van der Waals surface area contributed by atoms with Crippen molar-refractivity contribution >= 4 is 11.3 Å². The van der Waals surface area contributed by atoms with Crippen LogP contribution in [0.4, 0.5) is 4.39 Å². The van der Waals surface area contributed by atoms with Crippen LogP contribution in [0, 0.1) is 5.82 Å². The number of aryl methyl sites for hydroxylation is 1. The summed E-state index contributed by atoms with van der Waals surface area (Å²) in [6, 6.07) is 7.09. The van der Waals surface area contributed by atoms with Gasteiger partial charge in [0.1, 0.15) is 10.8 Å². The molecule has 1 heterocycles. The van der Waals surface area contributed by atoms with E-state index in [4.69, 9.17) is 0 Å². The van der Waals surface area contributed by atoms with Crippen molar-refractivity contribution in [2.75, 3.05) is 6.54 Å². The zero-order valence-corrected chi connectivity index (χ0v) is 13.5. The highest BCUT2D eigenvalue weighted by Gasteiger charge is 2.25. The second-order valence-electron chi connectivity index (χ2n) is 5.85. The molecule has 2 atom stereocenters. The number of aromatic nitrogens is 1. The molecule has 0 bridgehead atoms. The molecule has 1 aromatic heterocycles. The molecule has 0 radical (unpaired) electrons. The Morgan fingerprint density at radius 2 is 2.27 bits per heavy atom. The summed E-state index contributed by atoms with van der Waals surface area (Å²) in [5, 5.41) is 13.6. The molecule has 2 unspecified atom stereocenters. The Balaban J connectivity index is 1.81. The van der Waals surface area contributed by atoms with Gasteiger partial charge in [0.05, 0.1) is 11.8 Å². The number of nitrogens with zero attached hydrogens (tertiary/aromatic N) is 1. The third-order valence-corrected chi connectivity index (χ3v) is 5.25. The Labute approximate surface area is 134 Å². The van der Waals surface area contributed by atoms with Crippen molar-refractivity contribution < 1.29 is 9.50 Å². The van der Waals surface area contributed by atoms with Crippen molar-refractivity contribution in [3.05, 3.63) is 40.7 Å². The minimum absolute atomic E-state index is 0.216. The minimum atomic E-state index is -0.286. The lowest BCUT2D eigenvalue weighted by Crippen LogP contribution is -2.26.